The van der Waals surface area contributed by atoms with E-state index in [9.17, 15) is 9.59 Å². The number of urea groups is 1. The molecular formula is C12H15IN2O3S. The fourth-order valence-electron chi connectivity index (χ4n) is 1.37. The van der Waals surface area contributed by atoms with Crippen molar-refractivity contribution in [1.82, 2.24) is 5.32 Å². The number of carboxylic acids is 1. The lowest BCUT2D eigenvalue weighted by Gasteiger charge is -2.15. The summed E-state index contributed by atoms with van der Waals surface area (Å²) in [5.41, 5.74) is 0.662. The number of thioether (sulfide) groups is 1. The predicted molar refractivity (Wildman–Crippen MR) is 85.7 cm³/mol. The summed E-state index contributed by atoms with van der Waals surface area (Å²) in [6.07, 6.45) is 2.29. The quantitative estimate of drug-likeness (QED) is 0.649. The molecular weight excluding hydrogens is 379 g/mol. The standard InChI is InChI=1S/C12H15IN2O3S/c1-19-7-6-10(11(16)17)15-12(18)14-9-5-3-2-4-8(9)13/h2-5,10H,6-7H2,1H3,(H,16,17)(H2,14,15,18)/t10-/m1/s1. The van der Waals surface area contributed by atoms with Crippen LogP contribution in [-0.2, 0) is 4.79 Å². The van der Waals surface area contributed by atoms with Crippen LogP contribution in [0.4, 0.5) is 10.5 Å². The minimum absolute atomic E-state index is 0.399. The van der Waals surface area contributed by atoms with Gasteiger partial charge < -0.3 is 15.7 Å². The predicted octanol–water partition coefficient (Wildman–Crippen LogP) is 2.62. The highest BCUT2D eigenvalue weighted by molar-refractivity contribution is 14.1. The molecule has 0 heterocycles. The topological polar surface area (TPSA) is 78.4 Å². The van der Waals surface area contributed by atoms with E-state index >= 15 is 0 Å². The summed E-state index contributed by atoms with van der Waals surface area (Å²) >= 11 is 3.65. The molecule has 0 aromatic heterocycles. The van der Waals surface area contributed by atoms with E-state index in [1.165, 1.54) is 0 Å². The second kappa shape index (κ2) is 8.26. The fraction of sp³-hybridized carbons (Fsp3) is 0.333. The van der Waals surface area contributed by atoms with Crippen molar-refractivity contribution in [2.45, 2.75) is 12.5 Å². The van der Waals surface area contributed by atoms with Crippen LogP contribution in [0.2, 0.25) is 0 Å². The first-order valence-electron chi connectivity index (χ1n) is 5.58. The van der Waals surface area contributed by atoms with Gasteiger partial charge in [-0.05, 0) is 53.2 Å². The molecule has 1 aromatic carbocycles. The van der Waals surface area contributed by atoms with Gasteiger partial charge in [0.1, 0.15) is 6.04 Å². The largest absolute Gasteiger partial charge is 0.480 e. The maximum Gasteiger partial charge on any atom is 0.326 e. The molecule has 1 aromatic rings. The third kappa shape index (κ3) is 5.68. The van der Waals surface area contributed by atoms with Crippen LogP contribution in [-0.4, -0.2) is 35.2 Å². The van der Waals surface area contributed by atoms with Gasteiger partial charge >= 0.3 is 12.0 Å². The molecule has 1 rings (SSSR count). The molecule has 104 valence electrons. The Labute approximate surface area is 129 Å². The summed E-state index contributed by atoms with van der Waals surface area (Å²) in [5, 5.41) is 14.1. The van der Waals surface area contributed by atoms with Crippen molar-refractivity contribution in [3.8, 4) is 0 Å². The molecule has 0 aliphatic carbocycles. The maximum absolute atomic E-state index is 11.7. The lowest BCUT2D eigenvalue weighted by Crippen LogP contribution is -2.43. The molecule has 0 radical (unpaired) electrons. The molecule has 0 unspecified atom stereocenters. The highest BCUT2D eigenvalue weighted by atomic mass is 127. The van der Waals surface area contributed by atoms with E-state index in [0.29, 0.717) is 17.9 Å². The monoisotopic (exact) mass is 394 g/mol. The van der Waals surface area contributed by atoms with E-state index in [0.717, 1.165) is 3.57 Å². The van der Waals surface area contributed by atoms with Crippen molar-refractivity contribution >= 4 is 52.0 Å². The van der Waals surface area contributed by atoms with Gasteiger partial charge in [0, 0.05) is 3.57 Å². The van der Waals surface area contributed by atoms with Crippen LogP contribution < -0.4 is 10.6 Å². The van der Waals surface area contributed by atoms with Gasteiger partial charge in [-0.2, -0.15) is 11.8 Å². The number of benzene rings is 1. The lowest BCUT2D eigenvalue weighted by atomic mass is 10.2. The van der Waals surface area contributed by atoms with Gasteiger partial charge in [-0.25, -0.2) is 9.59 Å². The van der Waals surface area contributed by atoms with Gasteiger partial charge in [0.15, 0.2) is 0 Å². The first kappa shape index (κ1) is 16.1. The zero-order valence-electron chi connectivity index (χ0n) is 10.4. The number of amides is 2. The second-order valence-electron chi connectivity index (χ2n) is 3.75. The Morgan fingerprint density at radius 3 is 2.68 bits per heavy atom. The number of hydrogen-bond donors (Lipinski definition) is 3. The number of anilines is 1. The van der Waals surface area contributed by atoms with Crippen LogP contribution in [0.15, 0.2) is 24.3 Å². The number of para-hydroxylation sites is 1. The van der Waals surface area contributed by atoms with Crippen molar-refractivity contribution in [1.29, 1.82) is 0 Å². The average molecular weight is 394 g/mol. The maximum atomic E-state index is 11.7. The third-order valence-corrected chi connectivity index (χ3v) is 3.92. The van der Waals surface area contributed by atoms with Gasteiger partial charge in [-0.3, -0.25) is 0 Å². The van der Waals surface area contributed by atoms with Gasteiger partial charge in [0.2, 0.25) is 0 Å². The van der Waals surface area contributed by atoms with Crippen molar-refractivity contribution in [2.24, 2.45) is 0 Å². The minimum Gasteiger partial charge on any atom is -0.480 e. The van der Waals surface area contributed by atoms with Crippen LogP contribution in [0.5, 0.6) is 0 Å². The molecule has 2 amide bonds. The van der Waals surface area contributed by atoms with Gasteiger partial charge in [0.05, 0.1) is 5.69 Å². The Balaban J connectivity index is 2.58. The van der Waals surface area contributed by atoms with E-state index in [-0.39, 0.29) is 0 Å². The molecule has 0 saturated carbocycles. The number of aliphatic carboxylic acids is 1. The molecule has 7 heteroatoms. The summed E-state index contributed by atoms with van der Waals surface area (Å²) in [6, 6.07) is 5.92. The number of carbonyl (C=O) groups is 2. The minimum atomic E-state index is -1.02. The van der Waals surface area contributed by atoms with E-state index in [2.05, 4.69) is 33.2 Å². The van der Waals surface area contributed by atoms with Crippen molar-refractivity contribution in [3.63, 3.8) is 0 Å². The summed E-state index contributed by atoms with van der Waals surface area (Å²) in [7, 11) is 0. The molecule has 0 spiro atoms. The van der Waals surface area contributed by atoms with Crippen LogP contribution in [0.3, 0.4) is 0 Å². The fourth-order valence-corrected chi connectivity index (χ4v) is 2.37. The molecule has 3 N–H and O–H groups in total. The molecule has 5 nitrogen and oxygen atoms in total. The number of hydrogen-bond acceptors (Lipinski definition) is 3. The van der Waals surface area contributed by atoms with Crippen molar-refractivity contribution < 1.29 is 14.7 Å². The molecule has 0 saturated heterocycles. The van der Waals surface area contributed by atoms with E-state index in [4.69, 9.17) is 5.11 Å². The van der Waals surface area contributed by atoms with Crippen LogP contribution >= 0.6 is 34.4 Å². The third-order valence-electron chi connectivity index (χ3n) is 2.34. The Morgan fingerprint density at radius 2 is 2.11 bits per heavy atom. The van der Waals surface area contributed by atoms with E-state index in [1.807, 2.05) is 18.4 Å². The highest BCUT2D eigenvalue weighted by Crippen LogP contribution is 2.16. The summed E-state index contributed by atoms with van der Waals surface area (Å²) < 4.78 is 0.895. The number of halogens is 1. The van der Waals surface area contributed by atoms with Crippen LogP contribution in [0, 0.1) is 3.57 Å². The highest BCUT2D eigenvalue weighted by Gasteiger charge is 2.19. The molecule has 0 aliphatic heterocycles. The van der Waals surface area contributed by atoms with E-state index in [1.54, 1.807) is 23.9 Å². The summed E-state index contributed by atoms with van der Waals surface area (Å²) in [5.74, 6) is -0.341. The first-order valence-corrected chi connectivity index (χ1v) is 8.05. The van der Waals surface area contributed by atoms with Gasteiger partial charge in [0.25, 0.3) is 0 Å². The van der Waals surface area contributed by atoms with E-state index < -0.39 is 18.0 Å². The number of nitrogens with one attached hydrogen (secondary N) is 2. The molecule has 0 bridgehead atoms. The normalized spacial score (nSPS) is 11.7. The Hall–Kier alpha value is -0.960. The van der Waals surface area contributed by atoms with Crippen molar-refractivity contribution in [2.75, 3.05) is 17.3 Å². The lowest BCUT2D eigenvalue weighted by molar-refractivity contribution is -0.139. The van der Waals surface area contributed by atoms with Gasteiger partial charge in [-0.15, -0.1) is 0 Å². The number of carboxylic acid groups (broad SMARTS) is 1. The first-order chi connectivity index (χ1) is 9.04. The Kier molecular flexibility index (Phi) is 7.00. The van der Waals surface area contributed by atoms with Crippen molar-refractivity contribution in [3.05, 3.63) is 27.8 Å². The summed E-state index contributed by atoms with van der Waals surface area (Å²) in [6.45, 7) is 0. The zero-order valence-corrected chi connectivity index (χ0v) is 13.3. The number of carbonyl (C=O) groups excluding carboxylic acids is 1. The molecule has 0 fully saturated rings. The SMILES string of the molecule is CSCC[C@@H](NC(=O)Nc1ccccc1I)C(=O)O. The summed E-state index contributed by atoms with van der Waals surface area (Å²) in [4.78, 5) is 22.8. The van der Waals surface area contributed by atoms with Crippen LogP contribution in [0.1, 0.15) is 6.42 Å². The Morgan fingerprint density at radius 1 is 1.42 bits per heavy atom. The van der Waals surface area contributed by atoms with Crippen LogP contribution in [0.25, 0.3) is 0 Å². The average Bonchev–Trinajstić information content (AvgIpc) is 2.37. The second-order valence-corrected chi connectivity index (χ2v) is 5.90. The smallest absolute Gasteiger partial charge is 0.326 e. The molecule has 0 aliphatic rings. The Bertz CT molecular complexity index is 456. The molecule has 19 heavy (non-hydrogen) atoms. The molecule has 1 atom stereocenters. The number of rotatable bonds is 6. The zero-order chi connectivity index (χ0) is 14.3. The van der Waals surface area contributed by atoms with Gasteiger partial charge in [-0.1, -0.05) is 12.1 Å².